The standard InChI is InChI=1S/C29H34BrN3O4S/c1-4-5-19-31-29(35)23(3)32(20-24-12-10-9-11-22(24)2)28(34)21-33(26-17-15-25(30)16-18-26)38(36,37)27-13-7-6-8-14-27/h6-18,23H,4-5,19-21H2,1-3H3,(H,31,35). The summed E-state index contributed by atoms with van der Waals surface area (Å²) in [4.78, 5) is 28.4. The molecule has 9 heteroatoms. The van der Waals surface area contributed by atoms with E-state index in [2.05, 4.69) is 21.2 Å². The number of carbonyl (C=O) groups is 2. The Kier molecular flexibility index (Phi) is 10.5. The quantitative estimate of drug-likeness (QED) is 0.287. The monoisotopic (exact) mass is 599 g/mol. The number of hydrogen-bond acceptors (Lipinski definition) is 4. The molecule has 0 saturated heterocycles. The van der Waals surface area contributed by atoms with Gasteiger partial charge in [0.1, 0.15) is 12.6 Å². The molecule has 0 radical (unpaired) electrons. The first-order chi connectivity index (χ1) is 18.1. The minimum atomic E-state index is -4.07. The number of nitrogens with zero attached hydrogens (tertiary/aromatic N) is 2. The predicted octanol–water partition coefficient (Wildman–Crippen LogP) is 5.29. The lowest BCUT2D eigenvalue weighted by Gasteiger charge is -2.32. The van der Waals surface area contributed by atoms with Crippen LogP contribution in [0, 0.1) is 6.92 Å². The normalized spacial score (nSPS) is 12.0. The van der Waals surface area contributed by atoms with Gasteiger partial charge in [-0.1, -0.05) is 71.7 Å². The van der Waals surface area contributed by atoms with E-state index < -0.39 is 28.5 Å². The fraction of sp³-hybridized carbons (Fsp3) is 0.310. The molecule has 0 heterocycles. The van der Waals surface area contributed by atoms with Gasteiger partial charge in [-0.25, -0.2) is 8.42 Å². The summed E-state index contributed by atoms with van der Waals surface area (Å²) in [5.74, 6) is -0.754. The number of sulfonamides is 1. The second-order valence-corrected chi connectivity index (χ2v) is 11.8. The smallest absolute Gasteiger partial charge is 0.264 e. The molecule has 202 valence electrons. The zero-order valence-corrected chi connectivity index (χ0v) is 24.3. The van der Waals surface area contributed by atoms with E-state index in [9.17, 15) is 18.0 Å². The molecule has 3 aromatic rings. The van der Waals surface area contributed by atoms with E-state index in [0.717, 1.165) is 32.7 Å². The number of unbranched alkanes of at least 4 members (excludes halogenated alkanes) is 1. The minimum absolute atomic E-state index is 0.0755. The van der Waals surface area contributed by atoms with Crippen molar-refractivity contribution >= 4 is 43.5 Å². The third kappa shape index (κ3) is 7.45. The largest absolute Gasteiger partial charge is 0.354 e. The molecule has 0 aliphatic heterocycles. The van der Waals surface area contributed by atoms with Crippen molar-refractivity contribution in [3.8, 4) is 0 Å². The fourth-order valence-corrected chi connectivity index (χ4v) is 5.65. The summed E-state index contributed by atoms with van der Waals surface area (Å²) in [5, 5.41) is 2.90. The van der Waals surface area contributed by atoms with Crippen LogP contribution in [0.2, 0.25) is 0 Å². The SMILES string of the molecule is CCCCNC(=O)C(C)N(Cc1ccccc1C)C(=O)CN(c1ccc(Br)cc1)S(=O)(=O)c1ccccc1. The Labute approximate surface area is 234 Å². The molecule has 38 heavy (non-hydrogen) atoms. The Hall–Kier alpha value is -3.17. The van der Waals surface area contributed by atoms with E-state index >= 15 is 0 Å². The maximum Gasteiger partial charge on any atom is 0.264 e. The Morgan fingerprint density at radius 2 is 1.58 bits per heavy atom. The highest BCUT2D eigenvalue weighted by atomic mass is 79.9. The van der Waals surface area contributed by atoms with Crippen molar-refractivity contribution in [1.29, 1.82) is 0 Å². The fourth-order valence-electron chi connectivity index (χ4n) is 3.95. The van der Waals surface area contributed by atoms with Gasteiger partial charge in [0, 0.05) is 17.6 Å². The molecule has 7 nitrogen and oxygen atoms in total. The van der Waals surface area contributed by atoms with Crippen LogP contribution in [0.3, 0.4) is 0 Å². The third-order valence-corrected chi connectivity index (χ3v) is 8.64. The van der Waals surface area contributed by atoms with Gasteiger partial charge in [-0.3, -0.25) is 13.9 Å². The lowest BCUT2D eigenvalue weighted by molar-refractivity contribution is -0.139. The molecule has 1 unspecified atom stereocenters. The molecular weight excluding hydrogens is 566 g/mol. The molecule has 3 aromatic carbocycles. The molecular formula is C29H34BrN3O4S. The molecule has 0 fully saturated rings. The first-order valence-electron chi connectivity index (χ1n) is 12.6. The lowest BCUT2D eigenvalue weighted by Crippen LogP contribution is -2.51. The number of benzene rings is 3. The summed E-state index contributed by atoms with van der Waals surface area (Å²) in [6.45, 7) is 5.88. The summed E-state index contributed by atoms with van der Waals surface area (Å²) in [6, 6.07) is 21.6. The maximum absolute atomic E-state index is 13.9. The number of rotatable bonds is 12. The van der Waals surface area contributed by atoms with Gasteiger partial charge >= 0.3 is 0 Å². The van der Waals surface area contributed by atoms with Crippen molar-refractivity contribution < 1.29 is 18.0 Å². The molecule has 0 spiro atoms. The van der Waals surface area contributed by atoms with Crippen LogP contribution in [0.4, 0.5) is 5.69 Å². The van der Waals surface area contributed by atoms with E-state index in [-0.39, 0.29) is 17.3 Å². The van der Waals surface area contributed by atoms with Crippen LogP contribution < -0.4 is 9.62 Å². The molecule has 1 N–H and O–H groups in total. The van der Waals surface area contributed by atoms with E-state index in [4.69, 9.17) is 0 Å². The highest BCUT2D eigenvalue weighted by molar-refractivity contribution is 9.10. The second kappa shape index (κ2) is 13.6. The van der Waals surface area contributed by atoms with E-state index in [1.165, 1.54) is 17.0 Å². The highest BCUT2D eigenvalue weighted by Crippen LogP contribution is 2.26. The number of amides is 2. The van der Waals surface area contributed by atoms with Crippen LogP contribution in [0.1, 0.15) is 37.8 Å². The number of hydrogen-bond donors (Lipinski definition) is 1. The lowest BCUT2D eigenvalue weighted by atomic mass is 10.1. The number of nitrogens with one attached hydrogen (secondary N) is 1. The maximum atomic E-state index is 13.9. The molecule has 0 aromatic heterocycles. The molecule has 0 aliphatic rings. The van der Waals surface area contributed by atoms with Gasteiger partial charge in [0.05, 0.1) is 10.6 Å². The van der Waals surface area contributed by atoms with Crippen molar-refractivity contribution in [2.45, 2.75) is 51.1 Å². The highest BCUT2D eigenvalue weighted by Gasteiger charge is 2.32. The molecule has 3 rings (SSSR count). The Morgan fingerprint density at radius 1 is 0.947 bits per heavy atom. The van der Waals surface area contributed by atoms with E-state index in [1.54, 1.807) is 49.4 Å². The van der Waals surface area contributed by atoms with Crippen LogP contribution in [0.15, 0.2) is 88.2 Å². The third-order valence-electron chi connectivity index (χ3n) is 6.32. The topological polar surface area (TPSA) is 86.8 Å². The van der Waals surface area contributed by atoms with Crippen LogP contribution in [-0.4, -0.2) is 44.3 Å². The Balaban J connectivity index is 1.99. The average molecular weight is 601 g/mol. The van der Waals surface area contributed by atoms with Crippen molar-refractivity contribution in [2.24, 2.45) is 0 Å². The van der Waals surface area contributed by atoms with Crippen LogP contribution in [0.5, 0.6) is 0 Å². The van der Waals surface area contributed by atoms with Gasteiger partial charge in [-0.05, 0) is 67.8 Å². The van der Waals surface area contributed by atoms with Gasteiger partial charge in [0.2, 0.25) is 11.8 Å². The number of anilines is 1. The molecule has 1 atom stereocenters. The van der Waals surface area contributed by atoms with Gasteiger partial charge in [-0.15, -0.1) is 0 Å². The van der Waals surface area contributed by atoms with Crippen LogP contribution in [-0.2, 0) is 26.2 Å². The first-order valence-corrected chi connectivity index (χ1v) is 14.8. The summed E-state index contributed by atoms with van der Waals surface area (Å²) in [7, 11) is -4.07. The number of carbonyl (C=O) groups excluding carboxylic acids is 2. The Morgan fingerprint density at radius 3 is 2.21 bits per heavy atom. The summed E-state index contributed by atoms with van der Waals surface area (Å²) < 4.78 is 29.3. The van der Waals surface area contributed by atoms with Gasteiger partial charge in [0.25, 0.3) is 10.0 Å². The molecule has 0 bridgehead atoms. The van der Waals surface area contributed by atoms with Crippen molar-refractivity contribution in [3.63, 3.8) is 0 Å². The molecule has 0 saturated carbocycles. The van der Waals surface area contributed by atoms with E-state index in [0.29, 0.717) is 12.2 Å². The zero-order valence-electron chi connectivity index (χ0n) is 21.9. The molecule has 2 amide bonds. The number of aryl methyl sites for hydroxylation is 1. The van der Waals surface area contributed by atoms with Crippen molar-refractivity contribution in [3.05, 3.63) is 94.5 Å². The summed E-state index contributed by atoms with van der Waals surface area (Å²) in [5.41, 5.74) is 2.21. The van der Waals surface area contributed by atoms with E-state index in [1.807, 2.05) is 38.1 Å². The second-order valence-electron chi connectivity index (χ2n) is 9.07. The van der Waals surface area contributed by atoms with Gasteiger partial charge in [0.15, 0.2) is 0 Å². The number of halogens is 1. The Bertz CT molecular complexity index is 1330. The first kappa shape index (κ1) is 29.4. The van der Waals surface area contributed by atoms with Crippen LogP contribution >= 0.6 is 15.9 Å². The van der Waals surface area contributed by atoms with Crippen LogP contribution in [0.25, 0.3) is 0 Å². The molecule has 0 aliphatic carbocycles. The predicted molar refractivity (Wildman–Crippen MR) is 154 cm³/mol. The van der Waals surface area contributed by atoms with Gasteiger partial charge < -0.3 is 10.2 Å². The summed E-state index contributed by atoms with van der Waals surface area (Å²) in [6.07, 6.45) is 1.76. The van der Waals surface area contributed by atoms with Crippen molar-refractivity contribution in [1.82, 2.24) is 10.2 Å². The summed E-state index contributed by atoms with van der Waals surface area (Å²) >= 11 is 3.38. The minimum Gasteiger partial charge on any atom is -0.354 e. The van der Waals surface area contributed by atoms with Crippen molar-refractivity contribution in [2.75, 3.05) is 17.4 Å². The average Bonchev–Trinajstić information content (AvgIpc) is 2.92. The zero-order chi connectivity index (χ0) is 27.7. The van der Waals surface area contributed by atoms with Gasteiger partial charge in [-0.2, -0.15) is 0 Å².